The van der Waals surface area contributed by atoms with E-state index in [9.17, 15) is 14.4 Å². The largest absolute Gasteiger partial charge is 0.484 e. The molecule has 0 fully saturated rings. The van der Waals surface area contributed by atoms with Gasteiger partial charge in [-0.15, -0.1) is 0 Å². The van der Waals surface area contributed by atoms with Crippen LogP contribution in [0.3, 0.4) is 0 Å². The predicted octanol–water partition coefficient (Wildman–Crippen LogP) is 4.61. The van der Waals surface area contributed by atoms with Gasteiger partial charge in [0.2, 0.25) is 0 Å². The van der Waals surface area contributed by atoms with Crippen LogP contribution in [0.2, 0.25) is 0 Å². The van der Waals surface area contributed by atoms with Crippen LogP contribution in [-0.2, 0) is 4.79 Å². The Hall–Kier alpha value is -4.19. The van der Waals surface area contributed by atoms with E-state index in [1.807, 2.05) is 31.2 Å². The van der Waals surface area contributed by atoms with E-state index in [1.165, 1.54) is 11.0 Å². The van der Waals surface area contributed by atoms with Crippen LogP contribution in [0.25, 0.3) is 6.08 Å². The maximum absolute atomic E-state index is 12.5. The summed E-state index contributed by atoms with van der Waals surface area (Å²) in [5.41, 5.74) is 3.60. The van der Waals surface area contributed by atoms with Crippen LogP contribution in [0.1, 0.15) is 31.8 Å². The number of rotatable bonds is 8. The molecule has 0 saturated carbocycles. The summed E-state index contributed by atoms with van der Waals surface area (Å²) in [4.78, 5) is 38.0. The quantitative estimate of drug-likeness (QED) is 0.408. The van der Waals surface area contributed by atoms with Gasteiger partial charge in [-0.25, -0.2) is 0 Å². The van der Waals surface area contributed by atoms with E-state index in [4.69, 9.17) is 4.74 Å². The number of nitrogens with zero attached hydrogens (tertiary/aromatic N) is 1. The second-order valence-corrected chi connectivity index (χ2v) is 7.74. The Labute approximate surface area is 193 Å². The molecule has 0 heterocycles. The zero-order chi connectivity index (χ0) is 23.8. The number of ketones is 1. The van der Waals surface area contributed by atoms with Crippen molar-refractivity contribution in [2.24, 2.45) is 0 Å². The first-order valence-corrected chi connectivity index (χ1v) is 10.5. The van der Waals surface area contributed by atoms with E-state index in [1.54, 1.807) is 68.7 Å². The minimum atomic E-state index is -0.193. The highest BCUT2D eigenvalue weighted by Gasteiger charge is 2.08. The molecule has 0 saturated heterocycles. The fourth-order valence-corrected chi connectivity index (χ4v) is 2.89. The molecule has 0 atom stereocenters. The number of hydrogen-bond acceptors (Lipinski definition) is 4. The monoisotopic (exact) mass is 442 g/mol. The van der Waals surface area contributed by atoms with E-state index in [-0.39, 0.29) is 24.2 Å². The second kappa shape index (κ2) is 10.9. The Balaban J connectivity index is 1.60. The molecule has 0 aromatic heterocycles. The number of anilines is 1. The highest BCUT2D eigenvalue weighted by atomic mass is 16.5. The Kier molecular flexibility index (Phi) is 7.76. The minimum absolute atomic E-state index is 0.0585. The molecule has 0 unspecified atom stereocenters. The summed E-state index contributed by atoms with van der Waals surface area (Å²) < 4.78 is 5.42. The topological polar surface area (TPSA) is 75.7 Å². The van der Waals surface area contributed by atoms with E-state index in [2.05, 4.69) is 5.32 Å². The standard InChI is InChI=1S/C27H26N2O4/c1-19-7-10-22(11-8-19)27(32)28-23-6-4-5-20(17-23)9-16-25(30)21-12-14-24(15-13-21)33-18-26(31)29(2)3/h4-17H,18H2,1-3H3,(H,28,32)/b16-9+. The van der Waals surface area contributed by atoms with Crippen molar-refractivity contribution in [2.45, 2.75) is 6.92 Å². The van der Waals surface area contributed by atoms with Crippen LogP contribution in [0, 0.1) is 6.92 Å². The lowest BCUT2D eigenvalue weighted by Crippen LogP contribution is -2.27. The van der Waals surface area contributed by atoms with Gasteiger partial charge in [-0.05, 0) is 67.1 Å². The number of nitrogens with one attached hydrogen (secondary N) is 1. The van der Waals surface area contributed by atoms with Gasteiger partial charge >= 0.3 is 0 Å². The Morgan fingerprint density at radius 3 is 2.24 bits per heavy atom. The molecule has 3 aromatic carbocycles. The fraction of sp³-hybridized carbons (Fsp3) is 0.148. The van der Waals surface area contributed by atoms with Gasteiger partial charge in [0, 0.05) is 30.9 Å². The summed E-state index contributed by atoms with van der Waals surface area (Å²) in [6, 6.07) is 21.2. The third-order valence-electron chi connectivity index (χ3n) is 4.89. The molecular formula is C27H26N2O4. The van der Waals surface area contributed by atoms with Gasteiger partial charge in [0.15, 0.2) is 12.4 Å². The van der Waals surface area contributed by atoms with Gasteiger partial charge in [-0.2, -0.15) is 0 Å². The summed E-state index contributed by atoms with van der Waals surface area (Å²) in [5, 5.41) is 2.87. The van der Waals surface area contributed by atoms with Crippen molar-refractivity contribution in [1.29, 1.82) is 0 Å². The lowest BCUT2D eigenvalue weighted by molar-refractivity contribution is -0.130. The van der Waals surface area contributed by atoms with Gasteiger partial charge in [-0.1, -0.05) is 35.9 Å². The number of aryl methyl sites for hydroxylation is 1. The van der Waals surface area contributed by atoms with E-state index < -0.39 is 0 Å². The predicted molar refractivity (Wildman–Crippen MR) is 130 cm³/mol. The number of allylic oxidation sites excluding steroid dienone is 1. The van der Waals surface area contributed by atoms with Crippen molar-refractivity contribution in [3.05, 3.63) is 101 Å². The zero-order valence-electron chi connectivity index (χ0n) is 18.9. The number of carbonyl (C=O) groups excluding carboxylic acids is 3. The molecule has 6 nitrogen and oxygen atoms in total. The van der Waals surface area contributed by atoms with Crippen LogP contribution in [0.5, 0.6) is 5.75 Å². The summed E-state index contributed by atoms with van der Waals surface area (Å²) in [6.07, 6.45) is 3.18. The van der Waals surface area contributed by atoms with Crippen LogP contribution < -0.4 is 10.1 Å². The lowest BCUT2D eigenvalue weighted by atomic mass is 10.1. The first-order valence-electron chi connectivity index (χ1n) is 10.5. The Morgan fingerprint density at radius 2 is 1.58 bits per heavy atom. The number of hydrogen-bond donors (Lipinski definition) is 1. The average Bonchev–Trinajstić information content (AvgIpc) is 2.82. The molecule has 0 bridgehead atoms. The minimum Gasteiger partial charge on any atom is -0.484 e. The van der Waals surface area contributed by atoms with Crippen molar-refractivity contribution in [1.82, 2.24) is 4.90 Å². The second-order valence-electron chi connectivity index (χ2n) is 7.74. The maximum atomic E-state index is 12.5. The lowest BCUT2D eigenvalue weighted by Gasteiger charge is -2.11. The molecule has 0 radical (unpaired) electrons. The molecule has 2 amide bonds. The van der Waals surface area contributed by atoms with Crippen molar-refractivity contribution in [3.63, 3.8) is 0 Å². The van der Waals surface area contributed by atoms with Gasteiger partial charge in [0.05, 0.1) is 0 Å². The summed E-state index contributed by atoms with van der Waals surface area (Å²) in [6.45, 7) is 1.91. The highest BCUT2D eigenvalue weighted by molar-refractivity contribution is 6.07. The average molecular weight is 443 g/mol. The molecule has 3 aromatic rings. The summed E-state index contributed by atoms with van der Waals surface area (Å²) in [5.74, 6) is 0.0138. The Morgan fingerprint density at radius 1 is 0.909 bits per heavy atom. The fourth-order valence-electron chi connectivity index (χ4n) is 2.89. The first-order chi connectivity index (χ1) is 15.8. The van der Waals surface area contributed by atoms with Crippen LogP contribution in [0.4, 0.5) is 5.69 Å². The first kappa shape index (κ1) is 23.5. The molecule has 0 aliphatic rings. The Bertz CT molecular complexity index is 1160. The van der Waals surface area contributed by atoms with E-state index >= 15 is 0 Å². The van der Waals surface area contributed by atoms with Gasteiger partial charge in [0.25, 0.3) is 11.8 Å². The molecule has 3 rings (SSSR count). The number of likely N-dealkylation sites (N-methyl/N-ethyl adjacent to an activating group) is 1. The van der Waals surface area contributed by atoms with Crippen molar-refractivity contribution >= 4 is 29.4 Å². The van der Waals surface area contributed by atoms with Crippen LogP contribution >= 0.6 is 0 Å². The molecule has 33 heavy (non-hydrogen) atoms. The van der Waals surface area contributed by atoms with Gasteiger partial charge in [-0.3, -0.25) is 14.4 Å². The smallest absolute Gasteiger partial charge is 0.259 e. The van der Waals surface area contributed by atoms with Crippen molar-refractivity contribution < 1.29 is 19.1 Å². The van der Waals surface area contributed by atoms with Crippen LogP contribution in [0.15, 0.2) is 78.9 Å². The normalized spacial score (nSPS) is 10.6. The highest BCUT2D eigenvalue weighted by Crippen LogP contribution is 2.16. The number of carbonyl (C=O) groups is 3. The van der Waals surface area contributed by atoms with Crippen LogP contribution in [-0.4, -0.2) is 43.2 Å². The van der Waals surface area contributed by atoms with E-state index in [0.717, 1.165) is 11.1 Å². The van der Waals surface area contributed by atoms with Crippen molar-refractivity contribution in [3.8, 4) is 5.75 Å². The van der Waals surface area contributed by atoms with Gasteiger partial charge in [0.1, 0.15) is 5.75 Å². The zero-order valence-corrected chi connectivity index (χ0v) is 18.9. The molecular weight excluding hydrogens is 416 g/mol. The molecule has 168 valence electrons. The maximum Gasteiger partial charge on any atom is 0.259 e. The molecule has 0 spiro atoms. The molecule has 0 aliphatic carbocycles. The third-order valence-corrected chi connectivity index (χ3v) is 4.89. The van der Waals surface area contributed by atoms with Crippen molar-refractivity contribution in [2.75, 3.05) is 26.0 Å². The molecule has 1 N–H and O–H groups in total. The number of amides is 2. The third kappa shape index (κ3) is 6.90. The molecule has 0 aliphatic heterocycles. The number of ether oxygens (including phenoxy) is 1. The summed E-state index contributed by atoms with van der Waals surface area (Å²) in [7, 11) is 3.32. The van der Waals surface area contributed by atoms with E-state index in [0.29, 0.717) is 22.6 Å². The number of benzene rings is 3. The SMILES string of the molecule is Cc1ccc(C(=O)Nc2cccc(/C=C/C(=O)c3ccc(OCC(=O)N(C)C)cc3)c2)cc1. The van der Waals surface area contributed by atoms with Gasteiger partial charge < -0.3 is 15.0 Å². The summed E-state index contributed by atoms with van der Waals surface area (Å²) >= 11 is 0. The molecule has 6 heteroatoms.